The summed E-state index contributed by atoms with van der Waals surface area (Å²) in [4.78, 5) is 11.4. The van der Waals surface area contributed by atoms with Crippen molar-refractivity contribution in [1.82, 2.24) is 16.0 Å². The Balaban J connectivity index is 3.82. The third kappa shape index (κ3) is 5.75. The van der Waals surface area contributed by atoms with Crippen LogP contribution >= 0.6 is 12.2 Å². The lowest BCUT2D eigenvalue weighted by atomic mass is 10.2. The Kier molecular flexibility index (Phi) is 6.19. The predicted octanol–water partition coefficient (Wildman–Crippen LogP) is 0.241. The van der Waals surface area contributed by atoms with Gasteiger partial charge in [-0.15, -0.1) is 0 Å². The van der Waals surface area contributed by atoms with Crippen molar-refractivity contribution in [2.45, 2.75) is 26.8 Å². The molecular formula is C9H19N3OS. The van der Waals surface area contributed by atoms with E-state index in [1.54, 1.807) is 14.0 Å². The number of amides is 1. The average molecular weight is 217 g/mol. The fourth-order valence-corrected chi connectivity index (χ4v) is 0.969. The van der Waals surface area contributed by atoms with Crippen molar-refractivity contribution in [2.24, 2.45) is 5.92 Å². The second kappa shape index (κ2) is 6.59. The highest BCUT2D eigenvalue weighted by Gasteiger charge is 2.12. The Labute approximate surface area is 90.8 Å². The molecule has 14 heavy (non-hydrogen) atoms. The van der Waals surface area contributed by atoms with Gasteiger partial charge in [0, 0.05) is 13.6 Å². The van der Waals surface area contributed by atoms with Crippen molar-refractivity contribution in [3.63, 3.8) is 0 Å². The molecule has 0 aromatic carbocycles. The van der Waals surface area contributed by atoms with Gasteiger partial charge in [0.2, 0.25) is 5.91 Å². The van der Waals surface area contributed by atoms with Crippen LogP contribution in [-0.2, 0) is 4.79 Å². The normalized spacial score (nSPS) is 12.1. The Morgan fingerprint density at radius 1 is 1.36 bits per heavy atom. The number of carbonyl (C=O) groups excluding carboxylic acids is 1. The van der Waals surface area contributed by atoms with E-state index in [9.17, 15) is 4.79 Å². The molecule has 1 amide bonds. The molecule has 82 valence electrons. The summed E-state index contributed by atoms with van der Waals surface area (Å²) in [7, 11) is 1.72. The minimum atomic E-state index is -0.298. The molecule has 0 saturated heterocycles. The fraction of sp³-hybridized carbons (Fsp3) is 0.778. The van der Waals surface area contributed by atoms with E-state index in [-0.39, 0.29) is 11.9 Å². The SMILES string of the molecule is CNC(=S)NC(C)C(=O)NCC(C)C. The Morgan fingerprint density at radius 3 is 2.36 bits per heavy atom. The van der Waals surface area contributed by atoms with Crippen molar-refractivity contribution in [1.29, 1.82) is 0 Å². The zero-order valence-electron chi connectivity index (χ0n) is 9.18. The smallest absolute Gasteiger partial charge is 0.242 e. The summed E-state index contributed by atoms with van der Waals surface area (Å²) in [5.41, 5.74) is 0. The van der Waals surface area contributed by atoms with Gasteiger partial charge in [-0.25, -0.2) is 0 Å². The predicted molar refractivity (Wildman–Crippen MR) is 62.1 cm³/mol. The minimum absolute atomic E-state index is 0.0312. The molecule has 1 unspecified atom stereocenters. The first kappa shape index (κ1) is 13.2. The number of thiocarbonyl (C=S) groups is 1. The molecule has 0 aliphatic heterocycles. The molecular weight excluding hydrogens is 198 g/mol. The lowest BCUT2D eigenvalue weighted by molar-refractivity contribution is -0.122. The highest BCUT2D eigenvalue weighted by atomic mass is 32.1. The van der Waals surface area contributed by atoms with Crippen LogP contribution in [-0.4, -0.2) is 30.7 Å². The number of hydrogen-bond acceptors (Lipinski definition) is 2. The second-order valence-corrected chi connectivity index (χ2v) is 3.99. The highest BCUT2D eigenvalue weighted by Crippen LogP contribution is 1.89. The number of hydrogen-bond donors (Lipinski definition) is 3. The van der Waals surface area contributed by atoms with Crippen LogP contribution in [0.15, 0.2) is 0 Å². The van der Waals surface area contributed by atoms with E-state index in [0.717, 1.165) is 0 Å². The van der Waals surface area contributed by atoms with Crippen molar-refractivity contribution in [3.8, 4) is 0 Å². The van der Waals surface area contributed by atoms with Gasteiger partial charge in [0.25, 0.3) is 0 Å². The standard InChI is InChI=1S/C9H19N3OS/c1-6(2)5-11-8(13)7(3)12-9(14)10-4/h6-7H,5H2,1-4H3,(H,11,13)(H2,10,12,14). The number of carbonyl (C=O) groups is 1. The van der Waals surface area contributed by atoms with Gasteiger partial charge in [-0.2, -0.15) is 0 Å². The van der Waals surface area contributed by atoms with E-state index in [4.69, 9.17) is 12.2 Å². The first-order valence-corrected chi connectivity index (χ1v) is 5.14. The molecule has 0 saturated carbocycles. The molecule has 0 aliphatic rings. The minimum Gasteiger partial charge on any atom is -0.366 e. The van der Waals surface area contributed by atoms with Crippen molar-refractivity contribution in [3.05, 3.63) is 0 Å². The molecule has 0 heterocycles. The lowest BCUT2D eigenvalue weighted by Crippen LogP contribution is -2.48. The van der Waals surface area contributed by atoms with E-state index in [1.165, 1.54) is 0 Å². The molecule has 0 aromatic rings. The van der Waals surface area contributed by atoms with Gasteiger partial charge < -0.3 is 16.0 Å². The van der Waals surface area contributed by atoms with Gasteiger partial charge in [-0.1, -0.05) is 13.8 Å². The van der Waals surface area contributed by atoms with Crippen LogP contribution in [0.2, 0.25) is 0 Å². The average Bonchev–Trinajstić information content (AvgIpc) is 2.13. The number of nitrogens with one attached hydrogen (secondary N) is 3. The van der Waals surface area contributed by atoms with Gasteiger partial charge in [0.1, 0.15) is 6.04 Å². The zero-order valence-corrected chi connectivity index (χ0v) is 9.99. The van der Waals surface area contributed by atoms with Gasteiger partial charge in [-0.3, -0.25) is 4.79 Å². The van der Waals surface area contributed by atoms with Gasteiger partial charge in [0.05, 0.1) is 0 Å². The summed E-state index contributed by atoms with van der Waals surface area (Å²) in [5.74, 6) is 0.429. The molecule has 0 spiro atoms. The number of rotatable bonds is 4. The van der Waals surface area contributed by atoms with Gasteiger partial charge in [-0.05, 0) is 25.1 Å². The zero-order chi connectivity index (χ0) is 11.1. The topological polar surface area (TPSA) is 53.2 Å². The summed E-state index contributed by atoms with van der Waals surface area (Å²) in [6.07, 6.45) is 0. The summed E-state index contributed by atoms with van der Waals surface area (Å²) in [6.45, 7) is 6.57. The first-order chi connectivity index (χ1) is 6.47. The molecule has 3 N–H and O–H groups in total. The van der Waals surface area contributed by atoms with Crippen molar-refractivity contribution >= 4 is 23.2 Å². The van der Waals surface area contributed by atoms with Gasteiger partial charge in [0.15, 0.2) is 5.11 Å². The summed E-state index contributed by atoms with van der Waals surface area (Å²) in [6, 6.07) is -0.298. The maximum absolute atomic E-state index is 11.4. The monoisotopic (exact) mass is 217 g/mol. The molecule has 1 atom stereocenters. The van der Waals surface area contributed by atoms with E-state index >= 15 is 0 Å². The molecule has 0 bridgehead atoms. The Bertz CT molecular complexity index is 206. The maximum Gasteiger partial charge on any atom is 0.242 e. The summed E-state index contributed by atoms with van der Waals surface area (Å²) < 4.78 is 0. The largest absolute Gasteiger partial charge is 0.366 e. The molecule has 0 rings (SSSR count). The quantitative estimate of drug-likeness (QED) is 0.591. The fourth-order valence-electron chi connectivity index (χ4n) is 0.792. The molecule has 4 nitrogen and oxygen atoms in total. The second-order valence-electron chi connectivity index (χ2n) is 3.58. The van der Waals surface area contributed by atoms with Crippen molar-refractivity contribution in [2.75, 3.05) is 13.6 Å². The molecule has 0 aliphatic carbocycles. The van der Waals surface area contributed by atoms with Crippen LogP contribution in [0.4, 0.5) is 0 Å². The van der Waals surface area contributed by atoms with Crippen LogP contribution in [0, 0.1) is 5.92 Å². The Morgan fingerprint density at radius 2 is 1.93 bits per heavy atom. The van der Waals surface area contributed by atoms with Gasteiger partial charge >= 0.3 is 0 Å². The Hall–Kier alpha value is -0.840. The lowest BCUT2D eigenvalue weighted by Gasteiger charge is -2.16. The molecule has 0 aromatic heterocycles. The van der Waals surface area contributed by atoms with Crippen LogP contribution in [0.1, 0.15) is 20.8 Å². The third-order valence-corrected chi connectivity index (χ3v) is 1.97. The first-order valence-electron chi connectivity index (χ1n) is 4.73. The molecule has 0 fully saturated rings. The van der Waals surface area contributed by atoms with Crippen LogP contribution in [0.3, 0.4) is 0 Å². The summed E-state index contributed by atoms with van der Waals surface area (Å²) in [5, 5.41) is 8.92. The summed E-state index contributed by atoms with van der Waals surface area (Å²) >= 11 is 4.88. The van der Waals surface area contributed by atoms with Crippen LogP contribution in [0.5, 0.6) is 0 Å². The molecule has 5 heteroatoms. The van der Waals surface area contributed by atoms with E-state index in [1.807, 2.05) is 0 Å². The molecule has 0 radical (unpaired) electrons. The highest BCUT2D eigenvalue weighted by molar-refractivity contribution is 7.80. The third-order valence-electron chi connectivity index (χ3n) is 1.65. The van der Waals surface area contributed by atoms with Crippen LogP contribution < -0.4 is 16.0 Å². The van der Waals surface area contributed by atoms with E-state index in [2.05, 4.69) is 29.8 Å². The van der Waals surface area contributed by atoms with E-state index < -0.39 is 0 Å². The maximum atomic E-state index is 11.4. The van der Waals surface area contributed by atoms with Crippen LogP contribution in [0.25, 0.3) is 0 Å². The van der Waals surface area contributed by atoms with E-state index in [0.29, 0.717) is 17.6 Å². The van der Waals surface area contributed by atoms with Crippen molar-refractivity contribution < 1.29 is 4.79 Å².